The third kappa shape index (κ3) is 1.78. The van der Waals surface area contributed by atoms with E-state index >= 15 is 0 Å². The fourth-order valence-electron chi connectivity index (χ4n) is 2.38. The van der Waals surface area contributed by atoms with Crippen molar-refractivity contribution in [1.29, 1.82) is 0 Å². The summed E-state index contributed by atoms with van der Waals surface area (Å²) in [5.74, 6) is 0. The Morgan fingerprint density at radius 2 is 2.15 bits per heavy atom. The maximum atomic E-state index is 6.21. The first-order valence-corrected chi connectivity index (χ1v) is 6.87. The van der Waals surface area contributed by atoms with Crippen LogP contribution in [-0.4, -0.2) is 33.1 Å². The van der Waals surface area contributed by atoms with Gasteiger partial charge >= 0.3 is 0 Å². The SMILES string of the molecule is Clc1ccc(-c2cn(C3CNC3)nn2)c2ncccc12. The van der Waals surface area contributed by atoms with Gasteiger partial charge in [0.1, 0.15) is 5.69 Å². The van der Waals surface area contributed by atoms with E-state index in [1.807, 2.05) is 35.1 Å². The molecule has 1 N–H and O–H groups in total. The molecule has 3 heterocycles. The Kier molecular flexibility index (Phi) is 2.68. The van der Waals surface area contributed by atoms with Gasteiger partial charge in [-0.3, -0.25) is 4.98 Å². The number of nitrogens with zero attached hydrogens (tertiary/aromatic N) is 4. The number of pyridine rings is 1. The normalized spacial score (nSPS) is 15.4. The summed E-state index contributed by atoms with van der Waals surface area (Å²) in [5, 5.41) is 13.3. The Morgan fingerprint density at radius 1 is 1.25 bits per heavy atom. The molecular weight excluding hydrogens is 274 g/mol. The molecule has 1 aliphatic heterocycles. The molecule has 3 aromatic rings. The molecule has 0 atom stereocenters. The largest absolute Gasteiger partial charge is 0.312 e. The second-order valence-corrected chi connectivity index (χ2v) is 5.30. The number of nitrogens with one attached hydrogen (secondary N) is 1. The van der Waals surface area contributed by atoms with Gasteiger partial charge in [0.2, 0.25) is 0 Å². The van der Waals surface area contributed by atoms with Gasteiger partial charge in [0.15, 0.2) is 0 Å². The van der Waals surface area contributed by atoms with Crippen LogP contribution >= 0.6 is 11.6 Å². The molecule has 20 heavy (non-hydrogen) atoms. The predicted molar refractivity (Wildman–Crippen MR) is 77.7 cm³/mol. The number of fused-ring (bicyclic) bond motifs is 1. The molecule has 6 heteroatoms. The van der Waals surface area contributed by atoms with Crippen LogP contribution in [0.3, 0.4) is 0 Å². The lowest BCUT2D eigenvalue weighted by molar-refractivity contribution is 0.313. The zero-order valence-electron chi connectivity index (χ0n) is 10.6. The van der Waals surface area contributed by atoms with Gasteiger partial charge in [-0.2, -0.15) is 0 Å². The van der Waals surface area contributed by atoms with Crippen molar-refractivity contribution in [3.8, 4) is 11.3 Å². The van der Waals surface area contributed by atoms with E-state index in [4.69, 9.17) is 11.6 Å². The van der Waals surface area contributed by atoms with Crippen molar-refractivity contribution in [2.75, 3.05) is 13.1 Å². The van der Waals surface area contributed by atoms with E-state index in [0.717, 1.165) is 35.2 Å². The van der Waals surface area contributed by atoms with Crippen molar-refractivity contribution in [1.82, 2.24) is 25.3 Å². The third-order valence-corrected chi connectivity index (χ3v) is 3.97. The molecule has 100 valence electrons. The number of rotatable bonds is 2. The van der Waals surface area contributed by atoms with Crippen LogP contribution in [0, 0.1) is 0 Å². The van der Waals surface area contributed by atoms with Gasteiger partial charge in [0.05, 0.1) is 22.8 Å². The summed E-state index contributed by atoms with van der Waals surface area (Å²) in [6, 6.07) is 8.09. The molecule has 2 aromatic heterocycles. The molecule has 1 saturated heterocycles. The Labute approximate surface area is 120 Å². The van der Waals surface area contributed by atoms with Crippen molar-refractivity contribution < 1.29 is 0 Å². The molecule has 0 unspecified atom stereocenters. The van der Waals surface area contributed by atoms with Crippen LogP contribution in [0.1, 0.15) is 6.04 Å². The smallest absolute Gasteiger partial charge is 0.115 e. The highest BCUT2D eigenvalue weighted by molar-refractivity contribution is 6.35. The van der Waals surface area contributed by atoms with Crippen LogP contribution in [0.2, 0.25) is 5.02 Å². The van der Waals surface area contributed by atoms with Gasteiger partial charge in [-0.05, 0) is 24.3 Å². The molecule has 0 aliphatic carbocycles. The quantitative estimate of drug-likeness (QED) is 0.785. The second kappa shape index (κ2) is 4.54. The van der Waals surface area contributed by atoms with E-state index in [1.54, 1.807) is 6.20 Å². The first-order valence-electron chi connectivity index (χ1n) is 6.49. The fraction of sp³-hybridized carbons (Fsp3) is 0.214. The number of aromatic nitrogens is 4. The lowest BCUT2D eigenvalue weighted by Gasteiger charge is -2.26. The van der Waals surface area contributed by atoms with E-state index in [-0.39, 0.29) is 0 Å². The summed E-state index contributed by atoms with van der Waals surface area (Å²) >= 11 is 6.21. The molecule has 0 amide bonds. The van der Waals surface area contributed by atoms with E-state index in [1.165, 1.54) is 0 Å². The van der Waals surface area contributed by atoms with E-state index in [0.29, 0.717) is 11.1 Å². The highest BCUT2D eigenvalue weighted by Crippen LogP contribution is 2.30. The van der Waals surface area contributed by atoms with Crippen molar-refractivity contribution in [2.24, 2.45) is 0 Å². The highest BCUT2D eigenvalue weighted by Gasteiger charge is 2.21. The van der Waals surface area contributed by atoms with Crippen molar-refractivity contribution in [3.63, 3.8) is 0 Å². The summed E-state index contributed by atoms with van der Waals surface area (Å²) < 4.78 is 1.91. The van der Waals surface area contributed by atoms with Crippen LogP contribution in [0.25, 0.3) is 22.2 Å². The number of halogens is 1. The minimum Gasteiger partial charge on any atom is -0.312 e. The first-order chi connectivity index (χ1) is 9.83. The number of benzene rings is 1. The van der Waals surface area contributed by atoms with E-state index in [2.05, 4.69) is 20.6 Å². The monoisotopic (exact) mass is 285 g/mol. The molecule has 0 spiro atoms. The molecule has 0 saturated carbocycles. The topological polar surface area (TPSA) is 55.6 Å². The Balaban J connectivity index is 1.85. The summed E-state index contributed by atoms with van der Waals surface area (Å²) in [6.07, 6.45) is 3.74. The second-order valence-electron chi connectivity index (χ2n) is 4.89. The van der Waals surface area contributed by atoms with Crippen LogP contribution in [0.5, 0.6) is 0 Å². The molecule has 5 nitrogen and oxygen atoms in total. The first kappa shape index (κ1) is 11.8. The van der Waals surface area contributed by atoms with Gasteiger partial charge < -0.3 is 5.32 Å². The lowest BCUT2D eigenvalue weighted by atomic mass is 10.1. The fourth-order valence-corrected chi connectivity index (χ4v) is 2.60. The van der Waals surface area contributed by atoms with E-state index < -0.39 is 0 Å². The minimum absolute atomic E-state index is 0.405. The van der Waals surface area contributed by atoms with Crippen molar-refractivity contribution in [2.45, 2.75) is 6.04 Å². The van der Waals surface area contributed by atoms with Crippen LogP contribution in [0.15, 0.2) is 36.7 Å². The van der Waals surface area contributed by atoms with E-state index in [9.17, 15) is 0 Å². The minimum atomic E-state index is 0.405. The molecule has 0 radical (unpaired) electrons. The zero-order chi connectivity index (χ0) is 13.5. The molecule has 1 aliphatic rings. The number of hydrogen-bond donors (Lipinski definition) is 1. The summed E-state index contributed by atoms with van der Waals surface area (Å²) in [6.45, 7) is 1.89. The third-order valence-electron chi connectivity index (χ3n) is 3.64. The molecule has 0 bridgehead atoms. The highest BCUT2D eigenvalue weighted by atomic mass is 35.5. The maximum Gasteiger partial charge on any atom is 0.115 e. The van der Waals surface area contributed by atoms with Gasteiger partial charge in [-0.25, -0.2) is 4.68 Å². The summed E-state index contributed by atoms with van der Waals surface area (Å²) in [4.78, 5) is 4.43. The summed E-state index contributed by atoms with van der Waals surface area (Å²) in [5.41, 5.74) is 2.65. The van der Waals surface area contributed by atoms with Crippen molar-refractivity contribution in [3.05, 3.63) is 41.7 Å². The molecule has 4 rings (SSSR count). The van der Waals surface area contributed by atoms with Gasteiger partial charge in [0.25, 0.3) is 0 Å². The van der Waals surface area contributed by atoms with Crippen LogP contribution in [-0.2, 0) is 0 Å². The number of hydrogen-bond acceptors (Lipinski definition) is 4. The molecule has 1 fully saturated rings. The zero-order valence-corrected chi connectivity index (χ0v) is 11.4. The summed E-state index contributed by atoms with van der Waals surface area (Å²) in [7, 11) is 0. The Morgan fingerprint density at radius 3 is 2.95 bits per heavy atom. The van der Waals surface area contributed by atoms with Gasteiger partial charge in [-0.15, -0.1) is 5.10 Å². The molecule has 1 aromatic carbocycles. The van der Waals surface area contributed by atoms with Crippen LogP contribution in [0.4, 0.5) is 0 Å². The Bertz CT molecular complexity index is 778. The average molecular weight is 286 g/mol. The van der Waals surface area contributed by atoms with Crippen molar-refractivity contribution >= 4 is 22.5 Å². The van der Waals surface area contributed by atoms with Gasteiger partial charge in [-0.1, -0.05) is 16.8 Å². The van der Waals surface area contributed by atoms with Crippen LogP contribution < -0.4 is 5.32 Å². The average Bonchev–Trinajstić information content (AvgIpc) is 2.87. The molecular formula is C14H12ClN5. The predicted octanol–water partition coefficient (Wildman–Crippen LogP) is 2.29. The Hall–Kier alpha value is -1.98. The lowest BCUT2D eigenvalue weighted by Crippen LogP contribution is -2.43. The van der Waals surface area contributed by atoms with Gasteiger partial charge in [0, 0.05) is 30.2 Å². The standard InChI is InChI=1S/C14H12ClN5/c15-12-4-3-11(14-10(12)2-1-5-17-14)13-8-20(19-18-13)9-6-16-7-9/h1-5,8-9,16H,6-7H2. The maximum absolute atomic E-state index is 6.21.